The third-order valence-corrected chi connectivity index (χ3v) is 4.92. The fourth-order valence-corrected chi connectivity index (χ4v) is 3.20. The average molecular weight is 440 g/mol. The summed E-state index contributed by atoms with van der Waals surface area (Å²) < 4.78 is 0. The van der Waals surface area contributed by atoms with Crippen molar-refractivity contribution in [1.82, 2.24) is 15.5 Å². The van der Waals surface area contributed by atoms with E-state index < -0.39 is 0 Å². The molecule has 172 valence electrons. The van der Waals surface area contributed by atoms with Gasteiger partial charge in [-0.1, -0.05) is 24.3 Å². The summed E-state index contributed by atoms with van der Waals surface area (Å²) in [7, 11) is 3.50. The van der Waals surface area contributed by atoms with E-state index in [0.717, 1.165) is 49.3 Å². The van der Waals surface area contributed by atoms with Crippen LogP contribution in [-0.2, 0) is 12.8 Å². The fourth-order valence-electron chi connectivity index (χ4n) is 3.20. The van der Waals surface area contributed by atoms with Crippen LogP contribution in [-0.4, -0.2) is 55.4 Å². The summed E-state index contributed by atoms with van der Waals surface area (Å²) in [5.74, 6) is 0.784. The van der Waals surface area contributed by atoms with Gasteiger partial charge in [0.15, 0.2) is 5.96 Å². The van der Waals surface area contributed by atoms with Crippen molar-refractivity contribution in [2.24, 2.45) is 4.99 Å². The predicted molar refractivity (Wildman–Crippen MR) is 128 cm³/mol. The predicted octanol–water partition coefficient (Wildman–Crippen LogP) is 3.42. The molecule has 0 aliphatic rings. The molecule has 2 rings (SSSR count). The summed E-state index contributed by atoms with van der Waals surface area (Å²) in [5, 5.41) is 17.3. The number of benzene rings is 2. The molecule has 0 aliphatic carbocycles. The number of guanidine groups is 1. The Balaban J connectivity index is 1.76. The van der Waals surface area contributed by atoms with Crippen molar-refractivity contribution in [2.45, 2.75) is 32.6 Å². The number of rotatable bonds is 11. The van der Waals surface area contributed by atoms with E-state index in [-0.39, 0.29) is 16.5 Å². The SMILES string of the molecule is CCNC(=NCCCCc1ccc([N+](=O)[O-])cc1)NCCc1cccc(C(=O)N(C)C)c1. The highest BCUT2D eigenvalue weighted by molar-refractivity contribution is 5.94. The zero-order valence-electron chi connectivity index (χ0n) is 19.1. The first-order chi connectivity index (χ1) is 15.4. The number of hydrogen-bond donors (Lipinski definition) is 2. The third kappa shape index (κ3) is 8.37. The minimum absolute atomic E-state index is 0.00318. The fraction of sp³-hybridized carbons (Fsp3) is 0.417. The van der Waals surface area contributed by atoms with Crippen molar-refractivity contribution < 1.29 is 9.72 Å². The Kier molecular flexibility index (Phi) is 10.2. The summed E-state index contributed by atoms with van der Waals surface area (Å²) >= 11 is 0. The standard InChI is InChI=1S/C24H33N5O3/c1-4-25-24(26-16-6-5-8-19-11-13-22(14-12-19)29(31)32)27-17-15-20-9-7-10-21(18-20)23(30)28(2)3/h7,9-14,18H,4-6,8,15-17H2,1-3H3,(H2,25,26,27). The van der Waals surface area contributed by atoms with Crippen LogP contribution < -0.4 is 10.6 Å². The number of nitrogens with one attached hydrogen (secondary N) is 2. The van der Waals surface area contributed by atoms with Crippen LogP contribution in [0.15, 0.2) is 53.5 Å². The van der Waals surface area contributed by atoms with E-state index in [9.17, 15) is 14.9 Å². The van der Waals surface area contributed by atoms with E-state index >= 15 is 0 Å². The molecular weight excluding hydrogens is 406 g/mol. The maximum atomic E-state index is 12.1. The number of carbonyl (C=O) groups excluding carboxylic acids is 1. The molecule has 0 heterocycles. The van der Waals surface area contributed by atoms with E-state index in [1.54, 1.807) is 31.1 Å². The van der Waals surface area contributed by atoms with Crippen LogP contribution in [0, 0.1) is 10.1 Å². The molecule has 2 aromatic carbocycles. The van der Waals surface area contributed by atoms with Crippen molar-refractivity contribution in [3.05, 3.63) is 75.3 Å². The number of nitro benzene ring substituents is 1. The van der Waals surface area contributed by atoms with Gasteiger partial charge in [0.2, 0.25) is 0 Å². The largest absolute Gasteiger partial charge is 0.357 e. The average Bonchev–Trinajstić information content (AvgIpc) is 2.78. The van der Waals surface area contributed by atoms with Gasteiger partial charge in [0.05, 0.1) is 4.92 Å². The van der Waals surface area contributed by atoms with Crippen LogP contribution in [0.3, 0.4) is 0 Å². The number of amides is 1. The lowest BCUT2D eigenvalue weighted by Gasteiger charge is -2.13. The van der Waals surface area contributed by atoms with Crippen molar-refractivity contribution in [3.63, 3.8) is 0 Å². The van der Waals surface area contributed by atoms with Gasteiger partial charge in [-0.05, 0) is 55.9 Å². The Morgan fingerprint density at radius 1 is 1.03 bits per heavy atom. The van der Waals surface area contributed by atoms with E-state index in [1.807, 2.05) is 43.3 Å². The normalized spacial score (nSPS) is 11.2. The van der Waals surface area contributed by atoms with Gasteiger partial charge in [-0.3, -0.25) is 19.9 Å². The molecule has 0 saturated heterocycles. The third-order valence-electron chi connectivity index (χ3n) is 4.92. The van der Waals surface area contributed by atoms with Gasteiger partial charge in [0.25, 0.3) is 11.6 Å². The summed E-state index contributed by atoms with van der Waals surface area (Å²) in [6, 6.07) is 14.4. The van der Waals surface area contributed by atoms with Crippen molar-refractivity contribution in [1.29, 1.82) is 0 Å². The summed E-state index contributed by atoms with van der Waals surface area (Å²) in [4.78, 5) is 28.7. The van der Waals surface area contributed by atoms with E-state index in [1.165, 1.54) is 0 Å². The molecule has 0 fully saturated rings. The molecule has 0 unspecified atom stereocenters. The van der Waals surface area contributed by atoms with Gasteiger partial charge >= 0.3 is 0 Å². The molecule has 0 saturated carbocycles. The molecule has 0 radical (unpaired) electrons. The maximum absolute atomic E-state index is 12.1. The van der Waals surface area contributed by atoms with Gasteiger partial charge < -0.3 is 15.5 Å². The molecule has 0 aliphatic heterocycles. The lowest BCUT2D eigenvalue weighted by Crippen LogP contribution is -2.38. The Morgan fingerprint density at radius 3 is 2.44 bits per heavy atom. The molecular formula is C24H33N5O3. The van der Waals surface area contributed by atoms with Gasteiger partial charge in [-0.2, -0.15) is 0 Å². The smallest absolute Gasteiger partial charge is 0.269 e. The Bertz CT molecular complexity index is 910. The van der Waals surface area contributed by atoms with Gasteiger partial charge in [0, 0.05) is 51.4 Å². The highest BCUT2D eigenvalue weighted by Crippen LogP contribution is 2.13. The van der Waals surface area contributed by atoms with Crippen LogP contribution in [0.25, 0.3) is 0 Å². The number of aliphatic imine (C=N–C) groups is 1. The van der Waals surface area contributed by atoms with Crippen LogP contribution in [0.1, 0.15) is 41.3 Å². The topological polar surface area (TPSA) is 99.9 Å². The van der Waals surface area contributed by atoms with E-state index in [0.29, 0.717) is 18.7 Å². The quantitative estimate of drug-likeness (QED) is 0.184. The minimum atomic E-state index is -0.381. The number of aryl methyl sites for hydroxylation is 1. The van der Waals surface area contributed by atoms with Gasteiger partial charge in [-0.15, -0.1) is 0 Å². The van der Waals surface area contributed by atoms with Crippen molar-refractivity contribution in [2.75, 3.05) is 33.7 Å². The lowest BCUT2D eigenvalue weighted by atomic mass is 10.1. The Morgan fingerprint density at radius 2 is 1.78 bits per heavy atom. The Labute approximate surface area is 189 Å². The summed E-state index contributed by atoms with van der Waals surface area (Å²) in [6.07, 6.45) is 3.56. The monoisotopic (exact) mass is 439 g/mol. The molecule has 2 N–H and O–H groups in total. The molecule has 8 nitrogen and oxygen atoms in total. The maximum Gasteiger partial charge on any atom is 0.269 e. The van der Waals surface area contributed by atoms with Crippen LogP contribution in [0.2, 0.25) is 0 Å². The summed E-state index contributed by atoms with van der Waals surface area (Å²) in [5.41, 5.74) is 3.01. The Hall–Kier alpha value is -3.42. The lowest BCUT2D eigenvalue weighted by molar-refractivity contribution is -0.384. The zero-order chi connectivity index (χ0) is 23.3. The molecule has 2 aromatic rings. The molecule has 8 heteroatoms. The number of unbranched alkanes of at least 4 members (excludes halogenated alkanes) is 1. The highest BCUT2D eigenvalue weighted by Gasteiger charge is 2.08. The molecule has 0 spiro atoms. The first-order valence-corrected chi connectivity index (χ1v) is 11.0. The number of nitrogens with zero attached hydrogens (tertiary/aromatic N) is 3. The molecule has 32 heavy (non-hydrogen) atoms. The number of non-ortho nitro benzene ring substituents is 1. The molecule has 0 atom stereocenters. The second-order valence-electron chi connectivity index (χ2n) is 7.72. The number of nitro groups is 1. The van der Waals surface area contributed by atoms with Crippen molar-refractivity contribution >= 4 is 17.6 Å². The minimum Gasteiger partial charge on any atom is -0.357 e. The number of carbonyl (C=O) groups is 1. The van der Waals surface area contributed by atoms with Crippen LogP contribution >= 0.6 is 0 Å². The van der Waals surface area contributed by atoms with Crippen LogP contribution in [0.4, 0.5) is 5.69 Å². The highest BCUT2D eigenvalue weighted by atomic mass is 16.6. The molecule has 1 amide bonds. The van der Waals surface area contributed by atoms with Crippen LogP contribution in [0.5, 0.6) is 0 Å². The van der Waals surface area contributed by atoms with E-state index in [4.69, 9.17) is 0 Å². The molecule has 0 bridgehead atoms. The second-order valence-corrected chi connectivity index (χ2v) is 7.72. The van der Waals surface area contributed by atoms with E-state index in [2.05, 4.69) is 15.6 Å². The van der Waals surface area contributed by atoms with Gasteiger partial charge in [-0.25, -0.2) is 0 Å². The second kappa shape index (κ2) is 13.1. The van der Waals surface area contributed by atoms with Gasteiger partial charge in [0.1, 0.15) is 0 Å². The zero-order valence-corrected chi connectivity index (χ0v) is 19.1. The molecule has 0 aromatic heterocycles. The first kappa shape index (κ1) is 24.8. The number of hydrogen-bond acceptors (Lipinski definition) is 4. The summed E-state index contributed by atoms with van der Waals surface area (Å²) in [6.45, 7) is 4.23. The first-order valence-electron chi connectivity index (χ1n) is 11.0. The van der Waals surface area contributed by atoms with Crippen molar-refractivity contribution in [3.8, 4) is 0 Å².